The van der Waals surface area contributed by atoms with Gasteiger partial charge in [0.1, 0.15) is 0 Å². The van der Waals surface area contributed by atoms with E-state index < -0.39 is 0 Å². The largest absolute Gasteiger partial charge is 0.494 e. The lowest BCUT2D eigenvalue weighted by Gasteiger charge is -2.38. The van der Waals surface area contributed by atoms with Crippen LogP contribution in [0.4, 0.5) is 4.39 Å². The van der Waals surface area contributed by atoms with Crippen molar-refractivity contribution < 1.29 is 9.13 Å². The maximum absolute atomic E-state index is 14.2. The van der Waals surface area contributed by atoms with Crippen molar-refractivity contribution in [3.8, 4) is 5.75 Å². The van der Waals surface area contributed by atoms with E-state index in [2.05, 4.69) is 24.1 Å². The van der Waals surface area contributed by atoms with Crippen LogP contribution in [0.1, 0.15) is 19.4 Å². The molecule has 1 unspecified atom stereocenters. The molecule has 2 rings (SSSR count). The number of hydrogen-bond donors (Lipinski definition) is 1. The van der Waals surface area contributed by atoms with Gasteiger partial charge in [0.15, 0.2) is 11.6 Å². The van der Waals surface area contributed by atoms with Crippen LogP contribution in [0.15, 0.2) is 18.2 Å². The first kappa shape index (κ1) is 14.3. The molecule has 1 aliphatic rings. The Morgan fingerprint density at radius 2 is 2.26 bits per heavy atom. The first-order chi connectivity index (χ1) is 9.13. The van der Waals surface area contributed by atoms with Gasteiger partial charge in [-0.05, 0) is 12.0 Å². The highest BCUT2D eigenvalue weighted by atomic mass is 19.1. The molecule has 1 aromatic carbocycles. The summed E-state index contributed by atoms with van der Waals surface area (Å²) in [6, 6.07) is 5.82. The van der Waals surface area contributed by atoms with E-state index >= 15 is 0 Å². The third-order valence-electron chi connectivity index (χ3n) is 3.80. The van der Waals surface area contributed by atoms with Crippen molar-refractivity contribution in [3.05, 3.63) is 29.6 Å². The third kappa shape index (κ3) is 3.25. The number of rotatable bonds is 4. The summed E-state index contributed by atoms with van der Waals surface area (Å²) in [4.78, 5) is 2.36. The maximum Gasteiger partial charge on any atom is 0.169 e. The second-order valence-electron chi connectivity index (χ2n) is 5.42. The van der Waals surface area contributed by atoms with Crippen LogP contribution < -0.4 is 10.1 Å². The molecule has 4 heteroatoms. The van der Waals surface area contributed by atoms with E-state index in [9.17, 15) is 4.39 Å². The van der Waals surface area contributed by atoms with E-state index in [0.717, 1.165) is 19.6 Å². The summed E-state index contributed by atoms with van der Waals surface area (Å²) >= 11 is 0. The number of nitrogens with one attached hydrogen (secondary N) is 1. The van der Waals surface area contributed by atoms with Crippen LogP contribution in [0.2, 0.25) is 0 Å². The minimum absolute atomic E-state index is 0.231. The van der Waals surface area contributed by atoms with E-state index in [1.165, 1.54) is 7.11 Å². The minimum atomic E-state index is -0.231. The Morgan fingerprint density at radius 1 is 1.47 bits per heavy atom. The van der Waals surface area contributed by atoms with E-state index in [1.807, 2.05) is 12.1 Å². The summed E-state index contributed by atoms with van der Waals surface area (Å²) in [6.07, 6.45) is 0. The lowest BCUT2D eigenvalue weighted by molar-refractivity contribution is 0.115. The molecular weight excluding hydrogens is 243 g/mol. The molecule has 106 valence electrons. The molecule has 0 amide bonds. The van der Waals surface area contributed by atoms with Gasteiger partial charge in [-0.15, -0.1) is 0 Å². The monoisotopic (exact) mass is 266 g/mol. The Bertz CT molecular complexity index is 423. The van der Waals surface area contributed by atoms with Crippen LogP contribution >= 0.6 is 0 Å². The fourth-order valence-corrected chi connectivity index (χ4v) is 2.68. The van der Waals surface area contributed by atoms with Crippen molar-refractivity contribution in [3.63, 3.8) is 0 Å². The van der Waals surface area contributed by atoms with Crippen molar-refractivity contribution in [2.24, 2.45) is 5.92 Å². The average Bonchev–Trinajstić information content (AvgIpc) is 2.41. The molecule has 0 aromatic heterocycles. The molecule has 1 aromatic rings. The fourth-order valence-electron chi connectivity index (χ4n) is 2.68. The average molecular weight is 266 g/mol. The topological polar surface area (TPSA) is 24.5 Å². The maximum atomic E-state index is 14.2. The lowest BCUT2D eigenvalue weighted by Crippen LogP contribution is -2.53. The van der Waals surface area contributed by atoms with Crippen LogP contribution in [0.25, 0.3) is 0 Å². The van der Waals surface area contributed by atoms with Gasteiger partial charge in [-0.25, -0.2) is 4.39 Å². The number of methoxy groups -OCH3 is 1. The molecule has 19 heavy (non-hydrogen) atoms. The summed E-state index contributed by atoms with van der Waals surface area (Å²) in [7, 11) is 1.50. The second-order valence-corrected chi connectivity index (χ2v) is 5.42. The molecule has 1 heterocycles. The second kappa shape index (κ2) is 6.35. The van der Waals surface area contributed by atoms with Crippen LogP contribution in [0.5, 0.6) is 5.75 Å². The molecule has 0 saturated carbocycles. The number of hydrogen-bond acceptors (Lipinski definition) is 3. The highest BCUT2D eigenvalue weighted by molar-refractivity contribution is 5.31. The van der Waals surface area contributed by atoms with Crippen molar-refractivity contribution in [1.82, 2.24) is 10.2 Å². The molecule has 1 fully saturated rings. The standard InChI is InChI=1S/C15H23FN2O/c1-11(2)13-9-17-7-8-18(13)10-12-5-4-6-14(19-3)15(12)16/h4-6,11,13,17H,7-10H2,1-3H3. The zero-order valence-electron chi connectivity index (χ0n) is 11.9. The molecule has 1 saturated heterocycles. The summed E-state index contributed by atoms with van der Waals surface area (Å²) in [5.41, 5.74) is 0.715. The zero-order valence-corrected chi connectivity index (χ0v) is 11.9. The van der Waals surface area contributed by atoms with Crippen LogP contribution in [0.3, 0.4) is 0 Å². The first-order valence-corrected chi connectivity index (χ1v) is 6.89. The van der Waals surface area contributed by atoms with Gasteiger partial charge in [0.25, 0.3) is 0 Å². The Hall–Kier alpha value is -1.13. The smallest absolute Gasteiger partial charge is 0.169 e. The summed E-state index contributed by atoms with van der Waals surface area (Å²) in [5, 5.41) is 3.41. The van der Waals surface area contributed by atoms with Gasteiger partial charge in [-0.1, -0.05) is 26.0 Å². The highest BCUT2D eigenvalue weighted by Crippen LogP contribution is 2.23. The predicted octanol–water partition coefficient (Wildman–Crippen LogP) is 2.26. The molecule has 0 aliphatic carbocycles. The van der Waals surface area contributed by atoms with Gasteiger partial charge in [-0.2, -0.15) is 0 Å². The van der Waals surface area contributed by atoms with Crippen molar-refractivity contribution in [1.29, 1.82) is 0 Å². The van der Waals surface area contributed by atoms with E-state index in [1.54, 1.807) is 6.07 Å². The van der Waals surface area contributed by atoms with Crippen LogP contribution in [-0.4, -0.2) is 37.7 Å². The molecule has 3 nitrogen and oxygen atoms in total. The van der Waals surface area contributed by atoms with Gasteiger partial charge in [0.05, 0.1) is 7.11 Å². The van der Waals surface area contributed by atoms with Crippen molar-refractivity contribution >= 4 is 0 Å². The molecule has 0 spiro atoms. The van der Waals surface area contributed by atoms with Crippen molar-refractivity contribution in [2.75, 3.05) is 26.7 Å². The molecular formula is C15H23FN2O. The lowest BCUT2D eigenvalue weighted by atomic mass is 9.99. The normalized spacial score (nSPS) is 20.8. The van der Waals surface area contributed by atoms with Gasteiger partial charge in [-0.3, -0.25) is 4.90 Å². The van der Waals surface area contributed by atoms with E-state index in [-0.39, 0.29) is 5.82 Å². The summed E-state index contributed by atoms with van der Waals surface area (Å²) in [5.74, 6) is 0.654. The van der Waals surface area contributed by atoms with E-state index in [4.69, 9.17) is 4.74 Å². The number of benzene rings is 1. The fraction of sp³-hybridized carbons (Fsp3) is 0.600. The Kier molecular flexibility index (Phi) is 4.77. The molecule has 1 N–H and O–H groups in total. The molecule has 0 radical (unpaired) electrons. The SMILES string of the molecule is COc1cccc(CN2CCNCC2C(C)C)c1F. The van der Waals surface area contributed by atoms with E-state index in [0.29, 0.717) is 29.8 Å². The molecule has 1 atom stereocenters. The molecule has 1 aliphatic heterocycles. The van der Waals surface area contributed by atoms with Gasteiger partial charge in [0, 0.05) is 37.8 Å². The number of ether oxygens (including phenoxy) is 1. The minimum Gasteiger partial charge on any atom is -0.494 e. The predicted molar refractivity (Wildman–Crippen MR) is 74.9 cm³/mol. The first-order valence-electron chi connectivity index (χ1n) is 6.89. The van der Waals surface area contributed by atoms with Crippen LogP contribution in [0, 0.1) is 11.7 Å². The zero-order chi connectivity index (χ0) is 13.8. The van der Waals surface area contributed by atoms with Gasteiger partial charge in [0.2, 0.25) is 0 Å². The summed E-state index contributed by atoms with van der Waals surface area (Å²) < 4.78 is 19.2. The Balaban J connectivity index is 2.15. The Labute approximate surface area is 114 Å². The molecule has 0 bridgehead atoms. The summed E-state index contributed by atoms with van der Waals surface area (Å²) in [6.45, 7) is 7.98. The van der Waals surface area contributed by atoms with Gasteiger partial charge < -0.3 is 10.1 Å². The van der Waals surface area contributed by atoms with Crippen LogP contribution in [-0.2, 0) is 6.54 Å². The number of piperazine rings is 1. The number of nitrogens with zero attached hydrogens (tertiary/aromatic N) is 1. The highest BCUT2D eigenvalue weighted by Gasteiger charge is 2.25. The Morgan fingerprint density at radius 3 is 2.95 bits per heavy atom. The van der Waals surface area contributed by atoms with Crippen molar-refractivity contribution in [2.45, 2.75) is 26.4 Å². The third-order valence-corrected chi connectivity index (χ3v) is 3.80. The number of halogens is 1. The quantitative estimate of drug-likeness (QED) is 0.904. The van der Waals surface area contributed by atoms with Gasteiger partial charge >= 0.3 is 0 Å².